The van der Waals surface area contributed by atoms with Crippen LogP contribution in [0.1, 0.15) is 15.9 Å². The third-order valence-corrected chi connectivity index (χ3v) is 6.31. The highest BCUT2D eigenvalue weighted by atomic mass is 32.2. The molecule has 0 saturated heterocycles. The van der Waals surface area contributed by atoms with Gasteiger partial charge in [0.2, 0.25) is 0 Å². The highest BCUT2D eigenvalue weighted by Gasteiger charge is 2.28. The Morgan fingerprint density at radius 1 is 1.03 bits per heavy atom. The molecule has 1 N–H and O–H groups in total. The third kappa shape index (κ3) is 5.05. The van der Waals surface area contributed by atoms with Crippen molar-refractivity contribution in [1.82, 2.24) is 5.32 Å². The maximum absolute atomic E-state index is 13.7. The Hall–Kier alpha value is -3.76. The number of nitrogens with one attached hydrogen (secondary N) is 1. The van der Waals surface area contributed by atoms with Crippen LogP contribution >= 0.6 is 0 Å². The van der Waals surface area contributed by atoms with Crippen molar-refractivity contribution in [2.75, 3.05) is 18.0 Å². The molecule has 0 saturated carbocycles. The van der Waals surface area contributed by atoms with Gasteiger partial charge >= 0.3 is 0 Å². The molecule has 3 aromatic rings. The average Bonchev–Trinajstić information content (AvgIpc) is 2.81. The van der Waals surface area contributed by atoms with Gasteiger partial charge in [0, 0.05) is 5.56 Å². The summed E-state index contributed by atoms with van der Waals surface area (Å²) < 4.78 is 34.1. The van der Waals surface area contributed by atoms with Crippen LogP contribution in [0.5, 0.6) is 5.75 Å². The number of sulfonamides is 1. The number of anilines is 1. The van der Waals surface area contributed by atoms with E-state index in [2.05, 4.69) is 11.2 Å². The predicted octanol–water partition coefficient (Wildman–Crippen LogP) is 3.45. The number of terminal acetylenes is 1. The first-order valence-electron chi connectivity index (χ1n) is 9.49. The van der Waals surface area contributed by atoms with Crippen molar-refractivity contribution in [3.8, 4) is 18.1 Å². The molecule has 0 aromatic heterocycles. The largest absolute Gasteiger partial charge is 0.495 e. The van der Waals surface area contributed by atoms with E-state index in [0.717, 1.165) is 5.56 Å². The summed E-state index contributed by atoms with van der Waals surface area (Å²) in [5.41, 5.74) is 1.41. The monoisotopic (exact) mass is 434 g/mol. The third-order valence-electron chi connectivity index (χ3n) is 4.56. The Morgan fingerprint density at radius 2 is 1.74 bits per heavy atom. The molecule has 7 heteroatoms. The molecule has 0 unspecified atom stereocenters. The Balaban J connectivity index is 2.08. The van der Waals surface area contributed by atoms with E-state index in [1.807, 2.05) is 30.3 Å². The van der Waals surface area contributed by atoms with Crippen molar-refractivity contribution >= 4 is 21.6 Å². The van der Waals surface area contributed by atoms with Crippen molar-refractivity contribution in [2.24, 2.45) is 0 Å². The number of carbonyl (C=O) groups is 1. The predicted molar refractivity (Wildman–Crippen MR) is 120 cm³/mol. The second kappa shape index (κ2) is 9.83. The SMILES string of the molecule is C#CCNC(=O)c1cccc(S(=O)(=O)N(Cc2ccccc2)c2ccccc2OC)c1. The highest BCUT2D eigenvalue weighted by molar-refractivity contribution is 7.92. The molecule has 3 aromatic carbocycles. The van der Waals surface area contributed by atoms with Gasteiger partial charge in [0.15, 0.2) is 0 Å². The van der Waals surface area contributed by atoms with Crippen LogP contribution in [-0.4, -0.2) is 28.0 Å². The highest BCUT2D eigenvalue weighted by Crippen LogP contribution is 2.33. The quantitative estimate of drug-likeness (QED) is 0.551. The van der Waals surface area contributed by atoms with Gasteiger partial charge in [0.05, 0.1) is 30.8 Å². The number of methoxy groups -OCH3 is 1. The lowest BCUT2D eigenvalue weighted by Gasteiger charge is -2.26. The molecule has 1 amide bonds. The van der Waals surface area contributed by atoms with E-state index in [1.54, 1.807) is 24.3 Å². The molecule has 6 nitrogen and oxygen atoms in total. The van der Waals surface area contributed by atoms with Gasteiger partial charge in [0.1, 0.15) is 5.75 Å². The molecule has 0 heterocycles. The maximum Gasteiger partial charge on any atom is 0.264 e. The van der Waals surface area contributed by atoms with E-state index >= 15 is 0 Å². The molecule has 0 radical (unpaired) electrons. The number of hydrogen-bond donors (Lipinski definition) is 1. The standard InChI is InChI=1S/C24H22N2O4S/c1-3-16-25-24(27)20-12-9-13-21(17-20)31(28,29)26(18-19-10-5-4-6-11-19)22-14-7-8-15-23(22)30-2/h1,4-15,17H,16,18H2,2H3,(H,25,27). The van der Waals surface area contributed by atoms with Gasteiger partial charge in [-0.2, -0.15) is 0 Å². The summed E-state index contributed by atoms with van der Waals surface area (Å²) in [5, 5.41) is 2.54. The molecule has 0 spiro atoms. The second-order valence-electron chi connectivity index (χ2n) is 6.58. The van der Waals surface area contributed by atoms with E-state index in [4.69, 9.17) is 11.2 Å². The van der Waals surface area contributed by atoms with Gasteiger partial charge in [-0.05, 0) is 35.9 Å². The number of nitrogens with zero attached hydrogens (tertiary/aromatic N) is 1. The molecule has 0 bridgehead atoms. The van der Waals surface area contributed by atoms with Crippen LogP contribution < -0.4 is 14.4 Å². The van der Waals surface area contributed by atoms with Crippen molar-refractivity contribution in [3.05, 3.63) is 90.0 Å². The number of carbonyl (C=O) groups excluding carboxylic acids is 1. The number of amides is 1. The smallest absolute Gasteiger partial charge is 0.264 e. The molecule has 3 rings (SSSR count). The fourth-order valence-electron chi connectivity index (χ4n) is 3.04. The Bertz CT molecular complexity index is 1200. The number of rotatable bonds is 8. The lowest BCUT2D eigenvalue weighted by atomic mass is 10.2. The van der Waals surface area contributed by atoms with E-state index in [-0.39, 0.29) is 23.5 Å². The van der Waals surface area contributed by atoms with Crippen molar-refractivity contribution in [2.45, 2.75) is 11.4 Å². The van der Waals surface area contributed by atoms with Crippen LogP contribution in [0.2, 0.25) is 0 Å². The molecule has 0 fully saturated rings. The zero-order valence-electron chi connectivity index (χ0n) is 17.0. The van der Waals surface area contributed by atoms with Crippen LogP contribution in [0.25, 0.3) is 0 Å². The summed E-state index contributed by atoms with van der Waals surface area (Å²) in [6.07, 6.45) is 5.18. The number of para-hydroxylation sites is 2. The summed E-state index contributed by atoms with van der Waals surface area (Å²) in [7, 11) is -2.54. The molecule has 0 aliphatic heterocycles. The van der Waals surface area contributed by atoms with Crippen molar-refractivity contribution in [3.63, 3.8) is 0 Å². The van der Waals surface area contributed by atoms with Crippen LogP contribution in [0, 0.1) is 12.3 Å². The van der Waals surface area contributed by atoms with E-state index < -0.39 is 15.9 Å². The minimum Gasteiger partial charge on any atom is -0.495 e. The van der Waals surface area contributed by atoms with Crippen LogP contribution in [0.4, 0.5) is 5.69 Å². The lowest BCUT2D eigenvalue weighted by molar-refractivity contribution is 0.0958. The molecule has 158 valence electrons. The van der Waals surface area contributed by atoms with Gasteiger partial charge in [-0.15, -0.1) is 6.42 Å². The van der Waals surface area contributed by atoms with Gasteiger partial charge in [0.25, 0.3) is 15.9 Å². The zero-order valence-corrected chi connectivity index (χ0v) is 17.8. The van der Waals surface area contributed by atoms with E-state index in [1.165, 1.54) is 35.7 Å². The molecule has 0 atom stereocenters. The molecule has 0 aliphatic rings. The summed E-state index contributed by atoms with van der Waals surface area (Å²) in [6, 6.07) is 22.0. The number of benzene rings is 3. The van der Waals surface area contributed by atoms with Crippen LogP contribution in [-0.2, 0) is 16.6 Å². The van der Waals surface area contributed by atoms with Gasteiger partial charge < -0.3 is 10.1 Å². The molecular weight excluding hydrogens is 412 g/mol. The molecule has 0 aliphatic carbocycles. The Labute approximate surface area is 182 Å². The van der Waals surface area contributed by atoms with Crippen LogP contribution in [0.15, 0.2) is 83.8 Å². The lowest BCUT2D eigenvalue weighted by Crippen LogP contribution is -2.31. The summed E-state index contributed by atoms with van der Waals surface area (Å²) >= 11 is 0. The van der Waals surface area contributed by atoms with E-state index in [0.29, 0.717) is 11.4 Å². The van der Waals surface area contributed by atoms with E-state index in [9.17, 15) is 13.2 Å². The topological polar surface area (TPSA) is 75.7 Å². The number of ether oxygens (including phenoxy) is 1. The summed E-state index contributed by atoms with van der Waals surface area (Å²) in [5.74, 6) is 2.30. The van der Waals surface area contributed by atoms with Gasteiger partial charge in [-0.1, -0.05) is 54.5 Å². The number of hydrogen-bond acceptors (Lipinski definition) is 4. The summed E-state index contributed by atoms with van der Waals surface area (Å²) in [6.45, 7) is 0.147. The van der Waals surface area contributed by atoms with Crippen molar-refractivity contribution < 1.29 is 17.9 Å². The minimum absolute atomic E-state index is 0.0114. The zero-order chi connectivity index (χ0) is 22.3. The van der Waals surface area contributed by atoms with Crippen molar-refractivity contribution in [1.29, 1.82) is 0 Å². The summed E-state index contributed by atoms with van der Waals surface area (Å²) in [4.78, 5) is 12.3. The molecular formula is C24H22N2O4S. The van der Waals surface area contributed by atoms with Gasteiger partial charge in [-0.3, -0.25) is 9.10 Å². The Morgan fingerprint density at radius 3 is 2.45 bits per heavy atom. The maximum atomic E-state index is 13.7. The second-order valence-corrected chi connectivity index (χ2v) is 8.45. The minimum atomic E-state index is -4.03. The average molecular weight is 435 g/mol. The van der Waals surface area contributed by atoms with Gasteiger partial charge in [-0.25, -0.2) is 8.42 Å². The fraction of sp³-hybridized carbons (Fsp3) is 0.125. The first-order valence-corrected chi connectivity index (χ1v) is 10.9. The fourth-order valence-corrected chi connectivity index (χ4v) is 4.55. The van der Waals surface area contributed by atoms with Crippen LogP contribution in [0.3, 0.4) is 0 Å². The normalized spacial score (nSPS) is 10.7. The first kappa shape index (κ1) is 21.9. The molecule has 31 heavy (non-hydrogen) atoms. The Kier molecular flexibility index (Phi) is 6.96. The first-order chi connectivity index (χ1) is 15.0.